The summed E-state index contributed by atoms with van der Waals surface area (Å²) in [6.45, 7) is 3.56. The molecule has 2 aliphatic heterocycles. The van der Waals surface area contributed by atoms with Gasteiger partial charge in [0.1, 0.15) is 0 Å². The van der Waals surface area contributed by atoms with Crippen molar-refractivity contribution in [2.75, 3.05) is 6.61 Å². The van der Waals surface area contributed by atoms with E-state index >= 15 is 0 Å². The molecular weight excluding hydrogens is 224 g/mol. The zero-order valence-corrected chi connectivity index (χ0v) is 9.71. The normalized spacial score (nSPS) is 34.3. The van der Waals surface area contributed by atoms with Crippen LogP contribution in [0.3, 0.4) is 0 Å². The van der Waals surface area contributed by atoms with E-state index in [0.29, 0.717) is 18.0 Å². The smallest absolute Gasteiger partial charge is 0.302 e. The second-order valence-corrected chi connectivity index (χ2v) is 4.70. The molecule has 6 heteroatoms. The Bertz CT molecular complexity index is 527. The SMILES string of the molecule is Cc1cn2c(nc1=O)OC1C[C@@H](CO)OC12C. The first kappa shape index (κ1) is 10.7. The molecule has 1 aromatic heterocycles. The van der Waals surface area contributed by atoms with Crippen LogP contribution in [-0.4, -0.2) is 33.5 Å². The number of ether oxygens (including phenoxy) is 2. The highest BCUT2D eigenvalue weighted by atomic mass is 16.6. The van der Waals surface area contributed by atoms with Crippen molar-refractivity contribution in [2.24, 2.45) is 0 Å². The van der Waals surface area contributed by atoms with E-state index in [-0.39, 0.29) is 24.4 Å². The first-order valence-corrected chi connectivity index (χ1v) is 5.60. The van der Waals surface area contributed by atoms with Crippen molar-refractivity contribution in [3.05, 3.63) is 22.1 Å². The molecule has 1 fully saturated rings. The second-order valence-electron chi connectivity index (χ2n) is 4.70. The van der Waals surface area contributed by atoms with E-state index in [1.54, 1.807) is 17.7 Å². The van der Waals surface area contributed by atoms with E-state index in [9.17, 15) is 4.79 Å². The van der Waals surface area contributed by atoms with Crippen molar-refractivity contribution in [3.63, 3.8) is 0 Å². The van der Waals surface area contributed by atoms with Crippen molar-refractivity contribution in [1.29, 1.82) is 0 Å². The van der Waals surface area contributed by atoms with Crippen molar-refractivity contribution in [1.82, 2.24) is 9.55 Å². The molecule has 1 N–H and O–H groups in total. The summed E-state index contributed by atoms with van der Waals surface area (Å²) in [4.78, 5) is 15.3. The number of nitrogens with zero attached hydrogens (tertiary/aromatic N) is 2. The van der Waals surface area contributed by atoms with Crippen LogP contribution in [0.5, 0.6) is 6.01 Å². The van der Waals surface area contributed by atoms with E-state index in [0.717, 1.165) is 0 Å². The molecule has 0 amide bonds. The minimum atomic E-state index is -0.672. The summed E-state index contributed by atoms with van der Waals surface area (Å²) in [5, 5.41) is 9.13. The predicted octanol–water partition coefficient (Wildman–Crippen LogP) is -0.233. The van der Waals surface area contributed by atoms with E-state index in [1.807, 2.05) is 6.92 Å². The van der Waals surface area contributed by atoms with Gasteiger partial charge in [-0.2, -0.15) is 4.98 Å². The summed E-state index contributed by atoms with van der Waals surface area (Å²) < 4.78 is 13.1. The maximum atomic E-state index is 11.4. The third-order valence-electron chi connectivity index (χ3n) is 3.47. The van der Waals surface area contributed by atoms with E-state index in [1.165, 1.54) is 0 Å². The average molecular weight is 238 g/mol. The molecule has 0 saturated carbocycles. The summed E-state index contributed by atoms with van der Waals surface area (Å²) in [5.41, 5.74) is -0.400. The number of hydrogen-bond donors (Lipinski definition) is 1. The Morgan fingerprint density at radius 2 is 2.47 bits per heavy atom. The average Bonchev–Trinajstić information content (AvgIpc) is 2.72. The highest BCUT2D eigenvalue weighted by Crippen LogP contribution is 2.43. The Kier molecular flexibility index (Phi) is 2.08. The molecule has 1 aromatic rings. The number of rotatable bonds is 1. The maximum Gasteiger partial charge on any atom is 0.302 e. The van der Waals surface area contributed by atoms with Gasteiger partial charge in [-0.05, 0) is 13.8 Å². The molecule has 17 heavy (non-hydrogen) atoms. The quantitative estimate of drug-likeness (QED) is 0.731. The Balaban J connectivity index is 2.09. The fourth-order valence-corrected chi connectivity index (χ4v) is 2.46. The summed E-state index contributed by atoms with van der Waals surface area (Å²) >= 11 is 0. The van der Waals surface area contributed by atoms with Crippen molar-refractivity contribution in [3.8, 4) is 6.01 Å². The van der Waals surface area contributed by atoms with Gasteiger partial charge < -0.3 is 14.6 Å². The lowest BCUT2D eigenvalue weighted by Gasteiger charge is -2.24. The number of fused-ring (bicyclic) bond motifs is 3. The third-order valence-corrected chi connectivity index (χ3v) is 3.47. The van der Waals surface area contributed by atoms with Gasteiger partial charge in [-0.1, -0.05) is 0 Å². The zero-order chi connectivity index (χ0) is 12.2. The molecule has 0 aromatic carbocycles. The lowest BCUT2D eigenvalue weighted by atomic mass is 10.1. The van der Waals surface area contributed by atoms with Gasteiger partial charge in [0.2, 0.25) is 0 Å². The monoisotopic (exact) mass is 238 g/mol. The molecule has 2 unspecified atom stereocenters. The molecule has 6 nitrogen and oxygen atoms in total. The minimum absolute atomic E-state index is 0.0304. The lowest BCUT2D eigenvalue weighted by Crippen LogP contribution is -2.36. The molecule has 1 saturated heterocycles. The lowest BCUT2D eigenvalue weighted by molar-refractivity contribution is -0.105. The molecule has 0 bridgehead atoms. The van der Waals surface area contributed by atoms with Gasteiger partial charge in [0.05, 0.1) is 12.7 Å². The highest BCUT2D eigenvalue weighted by Gasteiger charge is 2.53. The van der Waals surface area contributed by atoms with Crippen LogP contribution in [0.2, 0.25) is 0 Å². The largest absolute Gasteiger partial charge is 0.456 e. The van der Waals surface area contributed by atoms with Gasteiger partial charge in [0, 0.05) is 18.2 Å². The van der Waals surface area contributed by atoms with Gasteiger partial charge in [0.15, 0.2) is 11.8 Å². The first-order valence-electron chi connectivity index (χ1n) is 5.60. The Hall–Kier alpha value is -1.40. The van der Waals surface area contributed by atoms with Gasteiger partial charge in [0.25, 0.3) is 5.56 Å². The number of aryl methyl sites for hydroxylation is 1. The van der Waals surface area contributed by atoms with Crippen LogP contribution in [0.1, 0.15) is 18.9 Å². The Morgan fingerprint density at radius 3 is 3.18 bits per heavy atom. The number of aromatic nitrogens is 2. The predicted molar refractivity (Wildman–Crippen MR) is 57.9 cm³/mol. The van der Waals surface area contributed by atoms with Crippen LogP contribution < -0.4 is 10.3 Å². The minimum Gasteiger partial charge on any atom is -0.456 e. The van der Waals surface area contributed by atoms with Crippen LogP contribution >= 0.6 is 0 Å². The standard InChI is InChI=1S/C11H14N2O4/c1-6-4-13-10(12-9(6)15)16-8-3-7(5-14)17-11(8,13)2/h4,7-8,14H,3,5H2,1-2H3/t7-,8?,11?/m0/s1. The van der Waals surface area contributed by atoms with Gasteiger partial charge in [-0.15, -0.1) is 0 Å². The van der Waals surface area contributed by atoms with Gasteiger partial charge >= 0.3 is 6.01 Å². The first-order chi connectivity index (χ1) is 8.04. The summed E-state index contributed by atoms with van der Waals surface area (Å²) in [5.74, 6) is 0. The van der Waals surface area contributed by atoms with E-state index < -0.39 is 5.72 Å². The molecule has 92 valence electrons. The molecule has 3 heterocycles. The summed E-state index contributed by atoms with van der Waals surface area (Å²) in [7, 11) is 0. The number of hydrogen-bond acceptors (Lipinski definition) is 5. The van der Waals surface area contributed by atoms with Crippen molar-refractivity contribution in [2.45, 2.75) is 38.2 Å². The number of aliphatic hydroxyl groups is 1. The summed E-state index contributed by atoms with van der Waals surface area (Å²) in [6.07, 6.45) is 1.87. The van der Waals surface area contributed by atoms with Crippen LogP contribution in [0, 0.1) is 6.92 Å². The molecule has 3 atom stereocenters. The van der Waals surface area contributed by atoms with Crippen molar-refractivity contribution < 1.29 is 14.6 Å². The summed E-state index contributed by atoms with van der Waals surface area (Å²) in [6, 6.07) is 0.296. The van der Waals surface area contributed by atoms with Crippen LogP contribution in [0.4, 0.5) is 0 Å². The van der Waals surface area contributed by atoms with E-state index in [2.05, 4.69) is 4.98 Å². The molecule has 0 radical (unpaired) electrons. The molecule has 0 spiro atoms. The second kappa shape index (κ2) is 3.30. The molecule has 0 aliphatic carbocycles. The maximum absolute atomic E-state index is 11.4. The Morgan fingerprint density at radius 1 is 1.71 bits per heavy atom. The third kappa shape index (κ3) is 1.34. The van der Waals surface area contributed by atoms with E-state index in [4.69, 9.17) is 14.6 Å². The fourth-order valence-electron chi connectivity index (χ4n) is 2.46. The van der Waals surface area contributed by atoms with Gasteiger partial charge in [-0.25, -0.2) is 0 Å². The Labute approximate surface area is 97.8 Å². The molecular formula is C11H14N2O4. The highest BCUT2D eigenvalue weighted by molar-refractivity contribution is 5.17. The topological polar surface area (TPSA) is 73.6 Å². The molecule has 3 rings (SSSR count). The van der Waals surface area contributed by atoms with Crippen molar-refractivity contribution >= 4 is 0 Å². The number of aliphatic hydroxyl groups excluding tert-OH is 1. The van der Waals surface area contributed by atoms with Crippen LogP contribution in [0.15, 0.2) is 11.0 Å². The zero-order valence-electron chi connectivity index (χ0n) is 9.71. The van der Waals surface area contributed by atoms with Crippen LogP contribution in [0.25, 0.3) is 0 Å². The van der Waals surface area contributed by atoms with Gasteiger partial charge in [-0.3, -0.25) is 9.36 Å². The van der Waals surface area contributed by atoms with Crippen LogP contribution in [-0.2, 0) is 10.5 Å². The fraction of sp³-hybridized carbons (Fsp3) is 0.636. The molecule has 2 aliphatic rings.